The maximum absolute atomic E-state index is 13.9. The van der Waals surface area contributed by atoms with Gasteiger partial charge >= 0.3 is 0 Å². The lowest BCUT2D eigenvalue weighted by atomic mass is 9.98. The Bertz CT molecular complexity index is 1720. The Balaban J connectivity index is 1.57. The highest BCUT2D eigenvalue weighted by atomic mass is 32.2. The molecule has 0 radical (unpaired) electrons. The first-order chi connectivity index (χ1) is 20.0. The number of fused-ring (bicyclic) bond motifs is 1. The number of carbonyl (C=O) groups excluding carboxylic acids is 2. The number of aryl methyl sites for hydroxylation is 2. The molecule has 204 valence electrons. The van der Waals surface area contributed by atoms with Crippen LogP contribution in [0.4, 0.5) is 11.5 Å². The van der Waals surface area contributed by atoms with Crippen LogP contribution in [0.1, 0.15) is 27.5 Å². The van der Waals surface area contributed by atoms with Crippen molar-refractivity contribution in [2.24, 2.45) is 0 Å². The van der Waals surface area contributed by atoms with Crippen LogP contribution < -0.4 is 10.2 Å². The van der Waals surface area contributed by atoms with E-state index in [0.717, 1.165) is 39.2 Å². The molecule has 6 nitrogen and oxygen atoms in total. The summed E-state index contributed by atoms with van der Waals surface area (Å²) in [7, 11) is 0. The fourth-order valence-corrected chi connectivity index (χ4v) is 6.42. The average molecular weight is 559 g/mol. The Morgan fingerprint density at radius 1 is 0.878 bits per heavy atom. The third-order valence-corrected chi connectivity index (χ3v) is 8.34. The molecule has 4 aromatic carbocycles. The molecular weight excluding hydrogens is 528 g/mol. The maximum Gasteiger partial charge on any atom is 0.244 e. The number of anilines is 2. The van der Waals surface area contributed by atoms with Crippen molar-refractivity contribution >= 4 is 35.1 Å². The largest absolute Gasteiger partial charge is 0.325 e. The number of hydrogen-bond acceptors (Lipinski definition) is 4. The van der Waals surface area contributed by atoms with Gasteiger partial charge in [-0.25, -0.2) is 4.68 Å². The van der Waals surface area contributed by atoms with Crippen LogP contribution in [-0.4, -0.2) is 33.9 Å². The summed E-state index contributed by atoms with van der Waals surface area (Å²) in [6, 6.07) is 35.8. The van der Waals surface area contributed by atoms with E-state index in [9.17, 15) is 9.59 Å². The molecule has 41 heavy (non-hydrogen) atoms. The van der Waals surface area contributed by atoms with Gasteiger partial charge in [0.05, 0.1) is 22.4 Å². The molecule has 0 fully saturated rings. The number of para-hydroxylation sites is 1. The molecule has 0 aliphatic carbocycles. The molecule has 2 heterocycles. The summed E-state index contributed by atoms with van der Waals surface area (Å²) in [5, 5.41) is 7.95. The minimum Gasteiger partial charge on any atom is -0.325 e. The number of nitrogens with one attached hydrogen (secondary N) is 1. The van der Waals surface area contributed by atoms with Crippen LogP contribution in [0.5, 0.6) is 0 Å². The van der Waals surface area contributed by atoms with Crippen molar-refractivity contribution < 1.29 is 9.59 Å². The van der Waals surface area contributed by atoms with Crippen LogP contribution in [0.25, 0.3) is 16.9 Å². The van der Waals surface area contributed by atoms with Gasteiger partial charge < -0.3 is 5.32 Å². The highest BCUT2D eigenvalue weighted by Gasteiger charge is 2.37. The molecule has 0 bridgehead atoms. The number of hydrogen-bond donors (Lipinski definition) is 1. The molecule has 6 rings (SSSR count). The first-order valence-electron chi connectivity index (χ1n) is 13.6. The average Bonchev–Trinajstić information content (AvgIpc) is 3.31. The van der Waals surface area contributed by atoms with Crippen molar-refractivity contribution in [1.29, 1.82) is 0 Å². The third-order valence-electron chi connectivity index (χ3n) is 7.09. The topological polar surface area (TPSA) is 67.2 Å². The quantitative estimate of drug-likeness (QED) is 0.245. The van der Waals surface area contributed by atoms with Gasteiger partial charge in [0.2, 0.25) is 11.8 Å². The van der Waals surface area contributed by atoms with E-state index >= 15 is 0 Å². The zero-order valence-corrected chi connectivity index (χ0v) is 23.8. The fourth-order valence-electron chi connectivity index (χ4n) is 5.23. The number of amides is 2. The van der Waals surface area contributed by atoms with E-state index in [0.29, 0.717) is 11.5 Å². The number of carbonyl (C=O) groups is 2. The van der Waals surface area contributed by atoms with Crippen molar-refractivity contribution in [2.75, 3.05) is 22.5 Å². The summed E-state index contributed by atoms with van der Waals surface area (Å²) in [5.41, 5.74) is 7.51. The van der Waals surface area contributed by atoms with E-state index in [1.165, 1.54) is 0 Å². The monoisotopic (exact) mass is 558 g/mol. The van der Waals surface area contributed by atoms with E-state index in [1.807, 2.05) is 90.5 Å². The Morgan fingerprint density at radius 2 is 1.56 bits per heavy atom. The van der Waals surface area contributed by atoms with Gasteiger partial charge in [0.1, 0.15) is 12.4 Å². The lowest BCUT2D eigenvalue weighted by Crippen LogP contribution is -2.40. The van der Waals surface area contributed by atoms with Crippen molar-refractivity contribution in [3.63, 3.8) is 0 Å². The van der Waals surface area contributed by atoms with Gasteiger partial charge in [0.25, 0.3) is 0 Å². The zero-order chi connectivity index (χ0) is 28.3. The molecule has 7 heteroatoms. The van der Waals surface area contributed by atoms with E-state index in [4.69, 9.17) is 5.10 Å². The minimum atomic E-state index is -0.271. The highest BCUT2D eigenvalue weighted by Crippen LogP contribution is 2.48. The predicted octanol–water partition coefficient (Wildman–Crippen LogP) is 6.96. The number of thioether (sulfide) groups is 1. The van der Waals surface area contributed by atoms with Crippen LogP contribution in [0.2, 0.25) is 0 Å². The number of nitrogens with zero attached hydrogens (tertiary/aromatic N) is 3. The van der Waals surface area contributed by atoms with Gasteiger partial charge in [-0.15, -0.1) is 11.8 Å². The molecule has 0 unspecified atom stereocenters. The van der Waals surface area contributed by atoms with E-state index in [-0.39, 0.29) is 29.4 Å². The molecule has 0 spiro atoms. The smallest absolute Gasteiger partial charge is 0.244 e. The molecule has 1 aromatic heterocycles. The summed E-state index contributed by atoms with van der Waals surface area (Å²) in [4.78, 5) is 28.9. The molecule has 2 amide bonds. The van der Waals surface area contributed by atoms with Gasteiger partial charge in [-0.05, 0) is 49.2 Å². The number of rotatable bonds is 6. The summed E-state index contributed by atoms with van der Waals surface area (Å²) < 4.78 is 1.84. The molecule has 1 aliphatic rings. The van der Waals surface area contributed by atoms with Crippen molar-refractivity contribution in [1.82, 2.24) is 9.78 Å². The number of aromatic nitrogens is 2. The van der Waals surface area contributed by atoms with Crippen LogP contribution in [-0.2, 0) is 9.59 Å². The second kappa shape index (κ2) is 11.5. The first-order valence-corrected chi connectivity index (χ1v) is 14.6. The van der Waals surface area contributed by atoms with Gasteiger partial charge in [-0.3, -0.25) is 14.5 Å². The molecule has 1 N–H and O–H groups in total. The van der Waals surface area contributed by atoms with Gasteiger partial charge in [-0.2, -0.15) is 5.10 Å². The van der Waals surface area contributed by atoms with E-state index in [2.05, 4.69) is 42.6 Å². The SMILES string of the molecule is Cc1cccc([C@@H]2SCC(=O)N(CC(=O)Nc3ccccc3)c3c2c(-c2ccccc2)nn3-c2cccc(C)c2)c1. The van der Waals surface area contributed by atoms with E-state index < -0.39 is 0 Å². The summed E-state index contributed by atoms with van der Waals surface area (Å²) >= 11 is 1.58. The third kappa shape index (κ3) is 5.54. The van der Waals surface area contributed by atoms with Crippen molar-refractivity contribution in [3.05, 3.63) is 131 Å². The second-order valence-corrected chi connectivity index (χ2v) is 11.3. The molecule has 1 atom stereocenters. The Labute approximate surface area is 244 Å². The highest BCUT2D eigenvalue weighted by molar-refractivity contribution is 8.00. The van der Waals surface area contributed by atoms with Crippen LogP contribution in [0, 0.1) is 13.8 Å². The molecule has 0 saturated carbocycles. The lowest BCUT2D eigenvalue weighted by Gasteiger charge is -2.23. The van der Waals surface area contributed by atoms with Crippen LogP contribution in [0.15, 0.2) is 109 Å². The zero-order valence-electron chi connectivity index (χ0n) is 23.0. The molecule has 0 saturated heterocycles. The minimum absolute atomic E-state index is 0.131. The first kappa shape index (κ1) is 26.6. The normalized spacial score (nSPS) is 14.8. The molecule has 1 aliphatic heterocycles. The van der Waals surface area contributed by atoms with Crippen molar-refractivity contribution in [3.8, 4) is 16.9 Å². The van der Waals surface area contributed by atoms with Gasteiger partial charge in [-0.1, -0.05) is 90.5 Å². The maximum atomic E-state index is 13.9. The van der Waals surface area contributed by atoms with Gasteiger partial charge in [0.15, 0.2) is 0 Å². The van der Waals surface area contributed by atoms with Crippen LogP contribution in [0.3, 0.4) is 0 Å². The lowest BCUT2D eigenvalue weighted by molar-refractivity contribution is -0.120. The van der Waals surface area contributed by atoms with E-state index in [1.54, 1.807) is 16.7 Å². The predicted molar refractivity (Wildman–Crippen MR) is 167 cm³/mol. The van der Waals surface area contributed by atoms with Crippen molar-refractivity contribution in [2.45, 2.75) is 19.1 Å². The number of benzene rings is 4. The summed E-state index contributed by atoms with van der Waals surface area (Å²) in [6.45, 7) is 3.98. The second-order valence-electron chi connectivity index (χ2n) is 10.2. The van der Waals surface area contributed by atoms with Crippen LogP contribution >= 0.6 is 11.8 Å². The Kier molecular flexibility index (Phi) is 7.44. The Morgan fingerprint density at radius 3 is 2.27 bits per heavy atom. The Hall–Kier alpha value is -4.62. The summed E-state index contributed by atoms with van der Waals surface area (Å²) in [6.07, 6.45) is 0. The molecule has 5 aromatic rings. The summed E-state index contributed by atoms with van der Waals surface area (Å²) in [5.74, 6) is 0.448. The standard InChI is InChI=1S/C34H30N4O2S/c1-23-11-9-15-26(19-23)33-31-32(25-13-5-3-6-14-25)36-38(28-18-10-12-24(2)20-28)34(31)37(30(40)22-41-33)21-29(39)35-27-16-7-4-8-17-27/h3-20,33H,21-22H2,1-2H3,(H,35,39)/t33-/m0/s1. The van der Waals surface area contributed by atoms with Gasteiger partial charge in [0, 0.05) is 16.8 Å². The fraction of sp³-hybridized carbons (Fsp3) is 0.147. The molecular formula is C34H30N4O2S.